The zero-order chi connectivity index (χ0) is 12.3. The summed E-state index contributed by atoms with van der Waals surface area (Å²) >= 11 is 5.77. The summed E-state index contributed by atoms with van der Waals surface area (Å²) in [5.74, 6) is 1.73. The first-order valence-corrected chi connectivity index (χ1v) is 6.80. The number of halogens is 1. The van der Waals surface area contributed by atoms with E-state index in [1.54, 1.807) is 36.4 Å². The molecule has 1 aromatic heterocycles. The number of nitrogens with two attached hydrogens (primary N) is 1. The average molecular weight is 270 g/mol. The van der Waals surface area contributed by atoms with Gasteiger partial charge in [-0.3, -0.25) is 4.21 Å². The molecule has 0 aliphatic heterocycles. The Balaban J connectivity index is 2.08. The van der Waals surface area contributed by atoms with Crippen molar-refractivity contribution < 1.29 is 8.63 Å². The standard InChI is InChI=1S/C12H12ClNO2S/c13-9-1-5-12(6-2-9)17(15)8-11-4-3-10(7-14)16-11/h1-6H,7-8,14H2. The summed E-state index contributed by atoms with van der Waals surface area (Å²) in [6.07, 6.45) is 0. The van der Waals surface area contributed by atoms with E-state index < -0.39 is 10.8 Å². The van der Waals surface area contributed by atoms with Crippen molar-refractivity contribution in [1.82, 2.24) is 0 Å². The molecule has 0 saturated heterocycles. The van der Waals surface area contributed by atoms with Crippen LogP contribution in [0, 0.1) is 0 Å². The number of rotatable bonds is 4. The van der Waals surface area contributed by atoms with E-state index in [1.807, 2.05) is 0 Å². The molecule has 17 heavy (non-hydrogen) atoms. The molecule has 0 saturated carbocycles. The zero-order valence-corrected chi connectivity index (χ0v) is 10.6. The molecule has 1 unspecified atom stereocenters. The minimum atomic E-state index is -1.12. The molecular weight excluding hydrogens is 258 g/mol. The first-order valence-electron chi connectivity index (χ1n) is 5.10. The Labute approximate surface area is 107 Å². The van der Waals surface area contributed by atoms with E-state index in [0.717, 1.165) is 4.90 Å². The van der Waals surface area contributed by atoms with Crippen molar-refractivity contribution in [3.8, 4) is 0 Å². The molecule has 1 aromatic carbocycles. The molecule has 2 aromatic rings. The second-order valence-electron chi connectivity index (χ2n) is 3.52. The van der Waals surface area contributed by atoms with Crippen LogP contribution in [0.5, 0.6) is 0 Å². The van der Waals surface area contributed by atoms with E-state index in [0.29, 0.717) is 28.8 Å². The highest BCUT2D eigenvalue weighted by Crippen LogP contribution is 2.17. The van der Waals surface area contributed by atoms with Crippen LogP contribution in [0.3, 0.4) is 0 Å². The minimum absolute atomic E-state index is 0.349. The summed E-state index contributed by atoms with van der Waals surface area (Å²) in [6, 6.07) is 10.6. The molecule has 0 fully saturated rings. The van der Waals surface area contributed by atoms with Crippen LogP contribution < -0.4 is 5.73 Å². The summed E-state index contributed by atoms with van der Waals surface area (Å²) < 4.78 is 17.4. The van der Waals surface area contributed by atoms with Gasteiger partial charge in [-0.25, -0.2) is 0 Å². The van der Waals surface area contributed by atoms with Crippen LogP contribution in [-0.4, -0.2) is 4.21 Å². The molecule has 90 valence electrons. The summed E-state index contributed by atoms with van der Waals surface area (Å²) in [5.41, 5.74) is 5.44. The van der Waals surface area contributed by atoms with E-state index in [4.69, 9.17) is 21.8 Å². The van der Waals surface area contributed by atoms with E-state index in [1.165, 1.54) is 0 Å². The maximum absolute atomic E-state index is 12.0. The van der Waals surface area contributed by atoms with Crippen LogP contribution in [0.1, 0.15) is 11.5 Å². The predicted molar refractivity (Wildman–Crippen MR) is 68.2 cm³/mol. The van der Waals surface area contributed by atoms with Gasteiger partial charge in [0.25, 0.3) is 0 Å². The molecule has 5 heteroatoms. The van der Waals surface area contributed by atoms with Gasteiger partial charge in [-0.1, -0.05) is 11.6 Å². The normalized spacial score (nSPS) is 12.6. The molecule has 2 N–H and O–H groups in total. The van der Waals surface area contributed by atoms with E-state index in [-0.39, 0.29) is 0 Å². The lowest BCUT2D eigenvalue weighted by molar-refractivity contribution is 0.481. The fourth-order valence-electron chi connectivity index (χ4n) is 1.41. The number of furan rings is 1. The highest BCUT2D eigenvalue weighted by molar-refractivity contribution is 7.84. The summed E-state index contributed by atoms with van der Waals surface area (Å²) in [4.78, 5) is 0.736. The molecule has 0 spiro atoms. The van der Waals surface area contributed by atoms with Crippen molar-refractivity contribution in [1.29, 1.82) is 0 Å². The topological polar surface area (TPSA) is 56.2 Å². The SMILES string of the molecule is NCc1ccc(CS(=O)c2ccc(Cl)cc2)o1. The van der Waals surface area contributed by atoms with Crippen molar-refractivity contribution in [3.05, 3.63) is 52.9 Å². The monoisotopic (exact) mass is 269 g/mol. The second kappa shape index (κ2) is 5.49. The first kappa shape index (κ1) is 12.4. The van der Waals surface area contributed by atoms with Crippen molar-refractivity contribution in [2.75, 3.05) is 0 Å². The Morgan fingerprint density at radius 1 is 1.12 bits per heavy atom. The molecule has 0 amide bonds. The summed E-state index contributed by atoms with van der Waals surface area (Å²) in [7, 11) is -1.12. The lowest BCUT2D eigenvalue weighted by Crippen LogP contribution is -1.96. The van der Waals surface area contributed by atoms with E-state index in [2.05, 4.69) is 0 Å². The molecular formula is C12H12ClNO2S. The average Bonchev–Trinajstić information content (AvgIpc) is 2.77. The third-order valence-electron chi connectivity index (χ3n) is 2.27. The van der Waals surface area contributed by atoms with Crippen LogP contribution in [-0.2, 0) is 23.1 Å². The van der Waals surface area contributed by atoms with Crippen LogP contribution in [0.25, 0.3) is 0 Å². The minimum Gasteiger partial charge on any atom is -0.464 e. The summed E-state index contributed by atoms with van der Waals surface area (Å²) in [5, 5.41) is 0.633. The van der Waals surface area contributed by atoms with Gasteiger partial charge in [-0.05, 0) is 36.4 Å². The molecule has 0 radical (unpaired) electrons. The van der Waals surface area contributed by atoms with Gasteiger partial charge in [0.2, 0.25) is 0 Å². The fraction of sp³-hybridized carbons (Fsp3) is 0.167. The number of hydrogen-bond donors (Lipinski definition) is 1. The molecule has 1 atom stereocenters. The van der Waals surface area contributed by atoms with Crippen molar-refractivity contribution >= 4 is 22.4 Å². The molecule has 0 aliphatic carbocycles. The lowest BCUT2D eigenvalue weighted by Gasteiger charge is -2.00. The Hall–Kier alpha value is -1.10. The van der Waals surface area contributed by atoms with Crippen LogP contribution in [0.15, 0.2) is 45.7 Å². The second-order valence-corrected chi connectivity index (χ2v) is 5.40. The highest BCUT2D eigenvalue weighted by Gasteiger charge is 2.08. The first-order chi connectivity index (χ1) is 8.19. The third-order valence-corrected chi connectivity index (χ3v) is 3.87. The van der Waals surface area contributed by atoms with Crippen LogP contribution >= 0.6 is 11.6 Å². The smallest absolute Gasteiger partial charge is 0.117 e. The van der Waals surface area contributed by atoms with Gasteiger partial charge in [-0.15, -0.1) is 0 Å². The highest BCUT2D eigenvalue weighted by atomic mass is 35.5. The maximum atomic E-state index is 12.0. The van der Waals surface area contributed by atoms with Crippen molar-refractivity contribution in [2.45, 2.75) is 17.2 Å². The predicted octanol–water partition coefficient (Wildman–Crippen LogP) is 2.70. The number of hydrogen-bond acceptors (Lipinski definition) is 3. The quantitative estimate of drug-likeness (QED) is 0.928. The van der Waals surface area contributed by atoms with Gasteiger partial charge >= 0.3 is 0 Å². The molecule has 0 bridgehead atoms. The Morgan fingerprint density at radius 3 is 2.35 bits per heavy atom. The van der Waals surface area contributed by atoms with Crippen LogP contribution in [0.2, 0.25) is 5.02 Å². The van der Waals surface area contributed by atoms with Crippen molar-refractivity contribution in [2.24, 2.45) is 5.73 Å². The van der Waals surface area contributed by atoms with E-state index >= 15 is 0 Å². The van der Waals surface area contributed by atoms with Gasteiger partial charge < -0.3 is 10.2 Å². The Morgan fingerprint density at radius 2 is 1.76 bits per heavy atom. The van der Waals surface area contributed by atoms with Gasteiger partial charge in [0.15, 0.2) is 0 Å². The summed E-state index contributed by atoms with van der Waals surface area (Å²) in [6.45, 7) is 0.355. The Bertz CT molecular complexity index is 522. The van der Waals surface area contributed by atoms with Gasteiger partial charge in [0.05, 0.1) is 23.1 Å². The molecule has 0 aliphatic rings. The van der Waals surface area contributed by atoms with Gasteiger partial charge in [-0.2, -0.15) is 0 Å². The van der Waals surface area contributed by atoms with Crippen molar-refractivity contribution in [3.63, 3.8) is 0 Å². The molecule has 1 heterocycles. The fourth-order valence-corrected chi connectivity index (χ4v) is 2.55. The zero-order valence-electron chi connectivity index (χ0n) is 9.06. The van der Waals surface area contributed by atoms with Gasteiger partial charge in [0.1, 0.15) is 11.5 Å². The maximum Gasteiger partial charge on any atom is 0.117 e. The third kappa shape index (κ3) is 3.19. The molecule has 3 nitrogen and oxygen atoms in total. The largest absolute Gasteiger partial charge is 0.464 e. The molecule has 2 rings (SSSR count). The Kier molecular flexibility index (Phi) is 3.99. The van der Waals surface area contributed by atoms with Crippen LogP contribution in [0.4, 0.5) is 0 Å². The number of benzene rings is 1. The van der Waals surface area contributed by atoms with Gasteiger partial charge in [0, 0.05) is 9.92 Å². The van der Waals surface area contributed by atoms with E-state index in [9.17, 15) is 4.21 Å². The lowest BCUT2D eigenvalue weighted by atomic mass is 10.4.